The van der Waals surface area contributed by atoms with Crippen LogP contribution in [0.15, 0.2) is 47.2 Å². The number of rotatable bonds is 3. The zero-order valence-electron chi connectivity index (χ0n) is 12.8. The molecule has 1 aromatic carbocycles. The SMILES string of the molecule is O=C(NC1CCc2nccn2C1)c1cc(-c2cccc(F)c2)no1. The molecule has 0 bridgehead atoms. The van der Waals surface area contributed by atoms with Crippen molar-refractivity contribution < 1.29 is 13.7 Å². The van der Waals surface area contributed by atoms with Gasteiger partial charge in [0.1, 0.15) is 17.3 Å². The molecule has 1 aliphatic heterocycles. The van der Waals surface area contributed by atoms with Crippen LogP contribution >= 0.6 is 0 Å². The summed E-state index contributed by atoms with van der Waals surface area (Å²) in [5.41, 5.74) is 0.999. The number of aromatic nitrogens is 3. The largest absolute Gasteiger partial charge is 0.350 e. The molecule has 4 rings (SSSR count). The molecule has 0 radical (unpaired) electrons. The molecule has 2 aromatic heterocycles. The number of halogens is 1. The van der Waals surface area contributed by atoms with Gasteiger partial charge in [-0.05, 0) is 18.6 Å². The molecular formula is C17H15FN4O2. The third kappa shape index (κ3) is 2.80. The van der Waals surface area contributed by atoms with Crippen molar-refractivity contribution in [1.82, 2.24) is 20.0 Å². The summed E-state index contributed by atoms with van der Waals surface area (Å²) in [6, 6.07) is 7.54. The first-order chi connectivity index (χ1) is 11.7. The molecule has 3 heterocycles. The van der Waals surface area contributed by atoms with Gasteiger partial charge < -0.3 is 14.4 Å². The van der Waals surface area contributed by atoms with Gasteiger partial charge in [0, 0.05) is 43.0 Å². The Labute approximate surface area is 137 Å². The summed E-state index contributed by atoms with van der Waals surface area (Å²) in [7, 11) is 0. The minimum absolute atomic E-state index is 0.0157. The van der Waals surface area contributed by atoms with Gasteiger partial charge in [-0.3, -0.25) is 4.79 Å². The van der Waals surface area contributed by atoms with Crippen LogP contribution < -0.4 is 5.32 Å². The maximum Gasteiger partial charge on any atom is 0.290 e. The maximum absolute atomic E-state index is 13.3. The maximum atomic E-state index is 13.3. The molecule has 3 aromatic rings. The number of aryl methyl sites for hydroxylation is 1. The van der Waals surface area contributed by atoms with Crippen molar-refractivity contribution in [2.75, 3.05) is 0 Å². The Morgan fingerprint density at radius 1 is 1.38 bits per heavy atom. The van der Waals surface area contributed by atoms with Crippen molar-refractivity contribution in [3.05, 3.63) is 60.1 Å². The Balaban J connectivity index is 1.46. The van der Waals surface area contributed by atoms with Gasteiger partial charge in [-0.2, -0.15) is 0 Å². The lowest BCUT2D eigenvalue weighted by Gasteiger charge is -2.24. The average molecular weight is 326 g/mol. The smallest absolute Gasteiger partial charge is 0.290 e. The summed E-state index contributed by atoms with van der Waals surface area (Å²) in [5.74, 6) is 0.470. The third-order valence-corrected chi connectivity index (χ3v) is 4.12. The number of carbonyl (C=O) groups excluding carboxylic acids is 1. The minimum atomic E-state index is -0.361. The Hall–Kier alpha value is -2.96. The highest BCUT2D eigenvalue weighted by molar-refractivity contribution is 5.92. The van der Waals surface area contributed by atoms with Crippen LogP contribution in [0.2, 0.25) is 0 Å². The quantitative estimate of drug-likeness (QED) is 0.802. The summed E-state index contributed by atoms with van der Waals surface area (Å²) in [6.07, 6.45) is 5.32. The Bertz CT molecular complexity index is 886. The monoisotopic (exact) mass is 326 g/mol. The van der Waals surface area contributed by atoms with Crippen LogP contribution in [0.5, 0.6) is 0 Å². The van der Waals surface area contributed by atoms with E-state index in [-0.39, 0.29) is 23.5 Å². The molecule has 0 spiro atoms. The van der Waals surface area contributed by atoms with Gasteiger partial charge in [-0.15, -0.1) is 0 Å². The Morgan fingerprint density at radius 3 is 3.17 bits per heavy atom. The highest BCUT2D eigenvalue weighted by Gasteiger charge is 2.22. The number of hydrogen-bond donors (Lipinski definition) is 1. The van der Waals surface area contributed by atoms with Gasteiger partial charge in [0.15, 0.2) is 0 Å². The van der Waals surface area contributed by atoms with Gasteiger partial charge in [-0.1, -0.05) is 17.3 Å². The first-order valence-corrected chi connectivity index (χ1v) is 7.72. The number of amides is 1. The molecule has 7 heteroatoms. The number of fused-ring (bicyclic) bond motifs is 1. The average Bonchev–Trinajstić information content (AvgIpc) is 3.24. The van der Waals surface area contributed by atoms with Gasteiger partial charge in [0.25, 0.3) is 5.91 Å². The summed E-state index contributed by atoms with van der Waals surface area (Å²) < 4.78 is 20.4. The molecule has 0 aliphatic carbocycles. The molecule has 122 valence electrons. The summed E-state index contributed by atoms with van der Waals surface area (Å²) >= 11 is 0. The molecule has 1 amide bonds. The fourth-order valence-electron chi connectivity index (χ4n) is 2.91. The second-order valence-corrected chi connectivity index (χ2v) is 5.79. The predicted octanol–water partition coefficient (Wildman–Crippen LogP) is 2.42. The van der Waals surface area contributed by atoms with Crippen molar-refractivity contribution in [3.63, 3.8) is 0 Å². The minimum Gasteiger partial charge on any atom is -0.350 e. The first kappa shape index (κ1) is 14.6. The molecule has 0 saturated heterocycles. The highest BCUT2D eigenvalue weighted by atomic mass is 19.1. The van der Waals surface area contributed by atoms with E-state index in [9.17, 15) is 9.18 Å². The molecule has 24 heavy (non-hydrogen) atoms. The second-order valence-electron chi connectivity index (χ2n) is 5.79. The molecule has 0 fully saturated rings. The van der Waals surface area contributed by atoms with Gasteiger partial charge in [-0.25, -0.2) is 9.37 Å². The van der Waals surface area contributed by atoms with E-state index in [4.69, 9.17) is 4.52 Å². The molecule has 1 atom stereocenters. The normalized spacial score (nSPS) is 16.6. The molecule has 1 unspecified atom stereocenters. The Kier molecular flexibility index (Phi) is 3.60. The van der Waals surface area contributed by atoms with Crippen LogP contribution in [0, 0.1) is 5.82 Å². The topological polar surface area (TPSA) is 73.0 Å². The van der Waals surface area contributed by atoms with Crippen LogP contribution in [0.4, 0.5) is 4.39 Å². The molecule has 0 saturated carbocycles. The van der Waals surface area contributed by atoms with Crippen molar-refractivity contribution in [2.45, 2.75) is 25.4 Å². The van der Waals surface area contributed by atoms with Crippen LogP contribution in [-0.2, 0) is 13.0 Å². The lowest BCUT2D eigenvalue weighted by molar-refractivity contribution is 0.0890. The van der Waals surface area contributed by atoms with Gasteiger partial charge in [0.05, 0.1) is 0 Å². The standard InChI is InChI=1S/C17H15FN4O2/c18-12-3-1-2-11(8-12)14-9-15(24-21-14)17(23)20-13-4-5-16-19-6-7-22(16)10-13/h1-3,6-9,13H,4-5,10H2,(H,20,23). The van der Waals surface area contributed by atoms with E-state index in [1.807, 2.05) is 10.8 Å². The van der Waals surface area contributed by atoms with Crippen LogP contribution in [-0.4, -0.2) is 26.7 Å². The summed E-state index contributed by atoms with van der Waals surface area (Å²) in [4.78, 5) is 16.6. The van der Waals surface area contributed by atoms with Crippen molar-refractivity contribution in [2.24, 2.45) is 0 Å². The highest BCUT2D eigenvalue weighted by Crippen LogP contribution is 2.20. The van der Waals surface area contributed by atoms with Gasteiger partial charge in [0.2, 0.25) is 5.76 Å². The zero-order valence-corrected chi connectivity index (χ0v) is 12.8. The van der Waals surface area contributed by atoms with E-state index in [0.717, 1.165) is 18.7 Å². The lowest BCUT2D eigenvalue weighted by Crippen LogP contribution is -2.40. The Morgan fingerprint density at radius 2 is 2.29 bits per heavy atom. The number of benzene rings is 1. The van der Waals surface area contributed by atoms with Crippen molar-refractivity contribution in [1.29, 1.82) is 0 Å². The summed E-state index contributed by atoms with van der Waals surface area (Å²) in [6.45, 7) is 0.686. The lowest BCUT2D eigenvalue weighted by atomic mass is 10.1. The van der Waals surface area contributed by atoms with Crippen LogP contribution in [0.3, 0.4) is 0 Å². The number of imidazole rings is 1. The third-order valence-electron chi connectivity index (χ3n) is 4.12. The van der Waals surface area contributed by atoms with Crippen molar-refractivity contribution in [3.8, 4) is 11.3 Å². The van der Waals surface area contributed by atoms with E-state index in [0.29, 0.717) is 17.8 Å². The summed E-state index contributed by atoms with van der Waals surface area (Å²) in [5, 5.41) is 6.80. The van der Waals surface area contributed by atoms with Gasteiger partial charge >= 0.3 is 0 Å². The number of nitrogens with one attached hydrogen (secondary N) is 1. The van der Waals surface area contributed by atoms with E-state index in [1.165, 1.54) is 18.2 Å². The zero-order chi connectivity index (χ0) is 16.5. The number of carbonyl (C=O) groups is 1. The van der Waals surface area contributed by atoms with Crippen molar-refractivity contribution >= 4 is 5.91 Å². The fourth-order valence-corrected chi connectivity index (χ4v) is 2.91. The molecule has 1 N–H and O–H groups in total. The van der Waals surface area contributed by atoms with E-state index < -0.39 is 0 Å². The van der Waals surface area contributed by atoms with E-state index in [1.54, 1.807) is 18.3 Å². The predicted molar refractivity (Wildman–Crippen MR) is 83.7 cm³/mol. The molecule has 6 nitrogen and oxygen atoms in total. The van der Waals surface area contributed by atoms with E-state index >= 15 is 0 Å². The number of nitrogens with zero attached hydrogens (tertiary/aromatic N) is 3. The molecule has 1 aliphatic rings. The second kappa shape index (κ2) is 5.92. The number of hydrogen-bond acceptors (Lipinski definition) is 4. The van der Waals surface area contributed by atoms with Crippen LogP contribution in [0.25, 0.3) is 11.3 Å². The van der Waals surface area contributed by atoms with E-state index in [2.05, 4.69) is 15.5 Å². The fraction of sp³-hybridized carbons (Fsp3) is 0.235. The molecular weight excluding hydrogens is 311 g/mol. The van der Waals surface area contributed by atoms with Crippen LogP contribution in [0.1, 0.15) is 22.8 Å². The first-order valence-electron chi connectivity index (χ1n) is 7.72.